The maximum absolute atomic E-state index is 12.5. The van der Waals surface area contributed by atoms with Crippen molar-refractivity contribution in [2.24, 2.45) is 11.5 Å². The Hall–Kier alpha value is -1.84. The SMILES string of the molecule is Cc1cc(Cl)c(N)cc1S(=O)(=O)N(CC(N)=O)CC(N)=O. The molecule has 0 fully saturated rings. The zero-order valence-electron chi connectivity index (χ0n) is 11.2. The third-order valence-electron chi connectivity index (χ3n) is 2.58. The summed E-state index contributed by atoms with van der Waals surface area (Å²) in [5.74, 6) is -1.83. The molecule has 0 aromatic heterocycles. The van der Waals surface area contributed by atoms with E-state index in [0.29, 0.717) is 9.87 Å². The zero-order chi connectivity index (χ0) is 16.4. The fraction of sp³-hybridized carbons (Fsp3) is 0.273. The highest BCUT2D eigenvalue weighted by Crippen LogP contribution is 2.28. The van der Waals surface area contributed by atoms with Gasteiger partial charge in [-0.05, 0) is 24.6 Å². The smallest absolute Gasteiger partial charge is 0.244 e. The van der Waals surface area contributed by atoms with E-state index < -0.39 is 34.9 Å². The molecular formula is C11H15ClN4O4S. The third-order valence-corrected chi connectivity index (χ3v) is 4.84. The van der Waals surface area contributed by atoms with Crippen LogP contribution in [0.4, 0.5) is 5.69 Å². The van der Waals surface area contributed by atoms with Crippen LogP contribution in [0, 0.1) is 6.92 Å². The highest BCUT2D eigenvalue weighted by atomic mass is 35.5. The monoisotopic (exact) mass is 334 g/mol. The van der Waals surface area contributed by atoms with Gasteiger partial charge in [0.15, 0.2) is 0 Å². The summed E-state index contributed by atoms with van der Waals surface area (Å²) in [5, 5.41) is 0.197. The number of nitrogens with two attached hydrogens (primary N) is 3. The summed E-state index contributed by atoms with van der Waals surface area (Å²) in [7, 11) is -4.17. The number of hydrogen-bond donors (Lipinski definition) is 3. The first-order valence-corrected chi connectivity index (χ1v) is 7.50. The molecule has 6 N–H and O–H groups in total. The minimum atomic E-state index is -4.17. The summed E-state index contributed by atoms with van der Waals surface area (Å²) in [6.45, 7) is 0.158. The molecule has 0 spiro atoms. The number of sulfonamides is 1. The predicted octanol–water partition coefficient (Wildman–Crippen LogP) is -0.808. The summed E-state index contributed by atoms with van der Waals surface area (Å²) in [6.07, 6.45) is 0. The molecule has 0 aliphatic rings. The van der Waals surface area contributed by atoms with Crippen LogP contribution >= 0.6 is 11.6 Å². The molecule has 10 heteroatoms. The summed E-state index contributed by atoms with van der Waals surface area (Å²) in [6, 6.07) is 2.53. The average Bonchev–Trinajstić information content (AvgIpc) is 2.31. The van der Waals surface area contributed by atoms with Gasteiger partial charge in [0.25, 0.3) is 0 Å². The normalized spacial score (nSPS) is 11.6. The van der Waals surface area contributed by atoms with Crippen LogP contribution in [0.15, 0.2) is 17.0 Å². The highest BCUT2D eigenvalue weighted by Gasteiger charge is 2.29. The summed E-state index contributed by atoms with van der Waals surface area (Å²) < 4.78 is 25.6. The molecular weight excluding hydrogens is 320 g/mol. The van der Waals surface area contributed by atoms with Crippen LogP contribution in [0.2, 0.25) is 5.02 Å². The molecule has 0 heterocycles. The van der Waals surface area contributed by atoms with Gasteiger partial charge in [0.2, 0.25) is 21.8 Å². The van der Waals surface area contributed by atoms with Crippen molar-refractivity contribution < 1.29 is 18.0 Å². The first-order chi connectivity index (χ1) is 9.55. The Morgan fingerprint density at radius 2 is 1.67 bits per heavy atom. The van der Waals surface area contributed by atoms with Crippen molar-refractivity contribution in [1.82, 2.24) is 4.31 Å². The molecule has 0 saturated carbocycles. The number of carbonyl (C=O) groups is 2. The van der Waals surface area contributed by atoms with E-state index >= 15 is 0 Å². The van der Waals surface area contributed by atoms with E-state index in [4.69, 9.17) is 28.8 Å². The number of carbonyl (C=O) groups excluding carboxylic acids is 2. The summed E-state index contributed by atoms with van der Waals surface area (Å²) in [4.78, 5) is 21.8. The Morgan fingerprint density at radius 3 is 2.10 bits per heavy atom. The molecule has 2 amide bonds. The fourth-order valence-corrected chi connectivity index (χ4v) is 3.49. The van der Waals surface area contributed by atoms with Gasteiger partial charge < -0.3 is 17.2 Å². The Labute approximate surface area is 126 Å². The van der Waals surface area contributed by atoms with Gasteiger partial charge in [-0.2, -0.15) is 4.31 Å². The molecule has 0 unspecified atom stereocenters. The Bertz CT molecular complexity index is 674. The number of anilines is 1. The van der Waals surface area contributed by atoms with E-state index in [9.17, 15) is 18.0 Å². The molecule has 0 aliphatic carbocycles. The Balaban J connectivity index is 3.38. The molecule has 0 atom stereocenters. The lowest BCUT2D eigenvalue weighted by atomic mass is 10.2. The van der Waals surface area contributed by atoms with Crippen molar-refractivity contribution in [1.29, 1.82) is 0 Å². The lowest BCUT2D eigenvalue weighted by Crippen LogP contribution is -2.43. The van der Waals surface area contributed by atoms with Crippen LogP contribution in [0.25, 0.3) is 0 Å². The second-order valence-electron chi connectivity index (χ2n) is 4.34. The first kappa shape index (κ1) is 17.2. The molecule has 1 rings (SSSR count). The van der Waals surface area contributed by atoms with Gasteiger partial charge >= 0.3 is 0 Å². The van der Waals surface area contributed by atoms with Crippen LogP contribution in [-0.4, -0.2) is 37.6 Å². The molecule has 21 heavy (non-hydrogen) atoms. The van der Waals surface area contributed by atoms with Crippen molar-refractivity contribution in [2.45, 2.75) is 11.8 Å². The second kappa shape index (κ2) is 6.29. The molecule has 1 aromatic carbocycles. The average molecular weight is 335 g/mol. The van der Waals surface area contributed by atoms with Gasteiger partial charge in [0.05, 0.1) is 28.7 Å². The minimum Gasteiger partial charge on any atom is -0.397 e. The van der Waals surface area contributed by atoms with Crippen LogP contribution in [0.1, 0.15) is 5.56 Å². The van der Waals surface area contributed by atoms with Crippen LogP contribution in [0.5, 0.6) is 0 Å². The standard InChI is InChI=1S/C11H15ClN4O4S/c1-6-2-7(12)8(13)3-9(6)21(19,20)16(4-10(14)17)5-11(15)18/h2-3H,4-5,13H2,1H3,(H2,14,17)(H2,15,18). The number of nitrogen functional groups attached to an aromatic ring is 1. The number of nitrogens with zero attached hydrogens (tertiary/aromatic N) is 1. The van der Waals surface area contributed by atoms with Crippen molar-refractivity contribution in [2.75, 3.05) is 18.8 Å². The van der Waals surface area contributed by atoms with Gasteiger partial charge in [-0.1, -0.05) is 11.6 Å². The van der Waals surface area contributed by atoms with Crippen molar-refractivity contribution >= 4 is 39.1 Å². The van der Waals surface area contributed by atoms with Gasteiger partial charge in [0.1, 0.15) is 0 Å². The summed E-state index contributed by atoms with van der Waals surface area (Å²) in [5.41, 5.74) is 15.9. The van der Waals surface area contributed by atoms with E-state index in [2.05, 4.69) is 0 Å². The number of primary amides is 2. The lowest BCUT2D eigenvalue weighted by Gasteiger charge is -2.20. The quantitative estimate of drug-likeness (QED) is 0.581. The molecule has 0 aliphatic heterocycles. The molecule has 116 valence electrons. The lowest BCUT2D eigenvalue weighted by molar-refractivity contribution is -0.120. The van der Waals surface area contributed by atoms with Crippen molar-refractivity contribution in [3.63, 3.8) is 0 Å². The number of amides is 2. The van der Waals surface area contributed by atoms with Gasteiger partial charge in [0, 0.05) is 0 Å². The highest BCUT2D eigenvalue weighted by molar-refractivity contribution is 7.89. The van der Waals surface area contributed by atoms with E-state index in [1.807, 2.05) is 0 Å². The zero-order valence-corrected chi connectivity index (χ0v) is 12.7. The largest absolute Gasteiger partial charge is 0.397 e. The molecule has 1 aromatic rings. The van der Waals surface area contributed by atoms with E-state index in [-0.39, 0.29) is 15.6 Å². The number of halogens is 1. The van der Waals surface area contributed by atoms with E-state index in [0.717, 1.165) is 6.07 Å². The molecule has 0 radical (unpaired) electrons. The van der Waals surface area contributed by atoms with Crippen molar-refractivity contribution in [3.8, 4) is 0 Å². The number of rotatable bonds is 6. The Morgan fingerprint density at radius 1 is 1.19 bits per heavy atom. The topological polar surface area (TPSA) is 150 Å². The van der Waals surface area contributed by atoms with Gasteiger partial charge in [-0.15, -0.1) is 0 Å². The van der Waals surface area contributed by atoms with Crippen LogP contribution in [0.3, 0.4) is 0 Å². The Kier molecular flexibility index (Phi) is 5.15. The fourth-order valence-electron chi connectivity index (χ4n) is 1.66. The van der Waals surface area contributed by atoms with Gasteiger partial charge in [-0.3, -0.25) is 9.59 Å². The maximum Gasteiger partial charge on any atom is 0.244 e. The molecule has 0 bridgehead atoms. The third kappa shape index (κ3) is 4.06. The van der Waals surface area contributed by atoms with E-state index in [1.54, 1.807) is 0 Å². The first-order valence-electron chi connectivity index (χ1n) is 5.68. The van der Waals surface area contributed by atoms with E-state index in [1.165, 1.54) is 13.0 Å². The van der Waals surface area contributed by atoms with Crippen LogP contribution in [-0.2, 0) is 19.6 Å². The minimum absolute atomic E-state index is 0.0546. The predicted molar refractivity (Wildman–Crippen MR) is 77.7 cm³/mol. The number of aryl methyl sites for hydroxylation is 1. The van der Waals surface area contributed by atoms with Crippen molar-refractivity contribution in [3.05, 3.63) is 22.7 Å². The maximum atomic E-state index is 12.5. The molecule has 8 nitrogen and oxygen atoms in total. The molecule has 0 saturated heterocycles. The number of hydrogen-bond acceptors (Lipinski definition) is 5. The van der Waals surface area contributed by atoms with Gasteiger partial charge in [-0.25, -0.2) is 8.42 Å². The van der Waals surface area contributed by atoms with Crippen LogP contribution < -0.4 is 17.2 Å². The summed E-state index contributed by atoms with van der Waals surface area (Å²) >= 11 is 5.80. The second-order valence-corrected chi connectivity index (χ2v) is 6.66. The number of benzene rings is 1.